The van der Waals surface area contributed by atoms with Gasteiger partial charge in [0.2, 0.25) is 0 Å². The smallest absolute Gasteiger partial charge is 0.135 e. The maximum absolute atomic E-state index is 6.87. The van der Waals surface area contributed by atoms with Crippen molar-refractivity contribution in [2.24, 2.45) is 0 Å². The Kier molecular flexibility index (Phi) is 13.6. The van der Waals surface area contributed by atoms with Crippen molar-refractivity contribution in [3.8, 4) is 61.8 Å². The van der Waals surface area contributed by atoms with E-state index in [4.69, 9.17) is 9.72 Å². The van der Waals surface area contributed by atoms with Crippen molar-refractivity contribution >= 4 is 44.6 Å². The SMILES string of the molecule is CC(C)(C)c1cc(N2[CH-]N(c3[c-]c(Oc4[c-]c5c(cc4)c4cc(-c6ccccc6)ccc4n5-c4cc(C(C)(C)C)ccn4)ccc3)c3cccc(-c4c(-c5ccccc5)cccc4-c4ccccc4)c32)cc(C(C)(C)C)c1.[Pt]. The fourth-order valence-corrected chi connectivity index (χ4v) is 10.8. The van der Waals surface area contributed by atoms with E-state index >= 15 is 0 Å². The minimum atomic E-state index is -0.0932. The summed E-state index contributed by atoms with van der Waals surface area (Å²) in [5, 5.41) is 2.19. The van der Waals surface area contributed by atoms with Crippen molar-refractivity contribution in [1.29, 1.82) is 0 Å². The summed E-state index contributed by atoms with van der Waals surface area (Å²) in [5.41, 5.74) is 18.8. The van der Waals surface area contributed by atoms with Crippen LogP contribution in [0.2, 0.25) is 0 Å². The zero-order valence-corrected chi connectivity index (χ0v) is 48.1. The number of nitrogens with zero attached hydrogens (tertiary/aromatic N) is 4. The summed E-state index contributed by atoms with van der Waals surface area (Å²) in [5.74, 6) is 2.00. The van der Waals surface area contributed by atoms with Crippen LogP contribution in [0.25, 0.3) is 72.1 Å². The Morgan fingerprint density at radius 1 is 0.449 bits per heavy atom. The molecule has 0 atom stereocenters. The Balaban J connectivity index is 0.00000645. The molecule has 0 amide bonds. The zero-order chi connectivity index (χ0) is 53.2. The molecule has 1 aliphatic heterocycles. The van der Waals surface area contributed by atoms with Crippen LogP contribution >= 0.6 is 0 Å². The number of benzene rings is 9. The normalized spacial score (nSPS) is 12.7. The quantitative estimate of drug-likeness (QED) is 0.135. The van der Waals surface area contributed by atoms with E-state index in [1.165, 1.54) is 38.9 Å². The largest absolute Gasteiger partial charge is 0.509 e. The van der Waals surface area contributed by atoms with Crippen molar-refractivity contribution in [2.45, 2.75) is 78.6 Å². The van der Waals surface area contributed by atoms with Gasteiger partial charge in [-0.3, -0.25) is 0 Å². The molecule has 0 aliphatic carbocycles. The van der Waals surface area contributed by atoms with Gasteiger partial charge in [-0.2, -0.15) is 12.1 Å². The summed E-state index contributed by atoms with van der Waals surface area (Å²) in [6.07, 6.45) is 1.92. The van der Waals surface area contributed by atoms with Gasteiger partial charge >= 0.3 is 0 Å². The number of para-hydroxylation sites is 1. The van der Waals surface area contributed by atoms with Crippen molar-refractivity contribution in [3.05, 3.63) is 248 Å². The van der Waals surface area contributed by atoms with E-state index in [-0.39, 0.29) is 37.3 Å². The number of aromatic nitrogens is 2. The molecular formula is C72H63N4OPt-3. The number of hydrogen-bond donors (Lipinski definition) is 0. The number of hydrogen-bond acceptors (Lipinski definition) is 4. The van der Waals surface area contributed by atoms with Gasteiger partial charge in [0.1, 0.15) is 5.82 Å². The fraction of sp³-hybridized carbons (Fsp3) is 0.167. The van der Waals surface area contributed by atoms with Crippen molar-refractivity contribution < 1.29 is 25.8 Å². The number of rotatable bonds is 9. The minimum absolute atomic E-state index is 0. The molecular weight excluding hydrogens is 1130 g/mol. The van der Waals surface area contributed by atoms with Crippen LogP contribution in [-0.2, 0) is 37.3 Å². The molecule has 3 heterocycles. The Hall–Kier alpha value is -7.98. The third kappa shape index (κ3) is 9.86. The molecule has 0 fully saturated rings. The maximum Gasteiger partial charge on any atom is 0.135 e. The third-order valence-electron chi connectivity index (χ3n) is 15.0. The van der Waals surface area contributed by atoms with Gasteiger partial charge in [-0.25, -0.2) is 4.98 Å². The van der Waals surface area contributed by atoms with Gasteiger partial charge in [-0.1, -0.05) is 207 Å². The second-order valence-electron chi connectivity index (χ2n) is 23.4. The predicted molar refractivity (Wildman–Crippen MR) is 322 cm³/mol. The van der Waals surface area contributed by atoms with Crippen molar-refractivity contribution in [2.75, 3.05) is 9.80 Å². The van der Waals surface area contributed by atoms with E-state index in [1.807, 2.05) is 18.3 Å². The van der Waals surface area contributed by atoms with Crippen LogP contribution in [0.4, 0.5) is 22.7 Å². The first kappa shape index (κ1) is 52.1. The van der Waals surface area contributed by atoms with Gasteiger partial charge in [-0.15, -0.1) is 48.1 Å². The summed E-state index contributed by atoms with van der Waals surface area (Å²) < 4.78 is 9.10. The molecule has 0 saturated carbocycles. The first-order chi connectivity index (χ1) is 37.1. The Labute approximate surface area is 475 Å². The van der Waals surface area contributed by atoms with Crippen LogP contribution in [-0.4, -0.2) is 9.55 Å². The first-order valence-electron chi connectivity index (χ1n) is 26.8. The van der Waals surface area contributed by atoms with Gasteiger partial charge in [0.25, 0.3) is 0 Å². The molecule has 0 radical (unpaired) electrons. The molecule has 390 valence electrons. The molecule has 0 saturated heterocycles. The summed E-state index contributed by atoms with van der Waals surface area (Å²) in [6, 6.07) is 81.5. The molecule has 78 heavy (non-hydrogen) atoms. The number of pyridine rings is 1. The first-order valence-corrected chi connectivity index (χ1v) is 26.8. The van der Waals surface area contributed by atoms with Gasteiger partial charge in [0.05, 0.1) is 0 Å². The molecule has 0 bridgehead atoms. The third-order valence-corrected chi connectivity index (χ3v) is 15.0. The number of anilines is 4. The average Bonchev–Trinajstić information content (AvgIpc) is 4.19. The van der Waals surface area contributed by atoms with Crippen LogP contribution in [0, 0.1) is 18.8 Å². The average molecular weight is 1200 g/mol. The van der Waals surface area contributed by atoms with E-state index in [0.29, 0.717) is 11.5 Å². The van der Waals surface area contributed by atoms with Crippen LogP contribution < -0.4 is 14.5 Å². The zero-order valence-electron chi connectivity index (χ0n) is 45.8. The monoisotopic (exact) mass is 1190 g/mol. The van der Waals surface area contributed by atoms with E-state index in [9.17, 15) is 0 Å². The fourth-order valence-electron chi connectivity index (χ4n) is 10.8. The topological polar surface area (TPSA) is 33.5 Å². The van der Waals surface area contributed by atoms with E-state index in [2.05, 4.69) is 290 Å². The van der Waals surface area contributed by atoms with Crippen molar-refractivity contribution in [3.63, 3.8) is 0 Å². The van der Waals surface area contributed by atoms with Gasteiger partial charge in [0, 0.05) is 66.9 Å². The van der Waals surface area contributed by atoms with Crippen LogP contribution in [0.15, 0.2) is 212 Å². The second kappa shape index (κ2) is 20.4. The molecule has 2 aromatic heterocycles. The Morgan fingerprint density at radius 2 is 1.03 bits per heavy atom. The molecule has 9 aromatic carbocycles. The van der Waals surface area contributed by atoms with Crippen LogP contribution in [0.3, 0.4) is 0 Å². The van der Waals surface area contributed by atoms with E-state index in [0.717, 1.165) is 72.6 Å². The van der Waals surface area contributed by atoms with E-state index < -0.39 is 0 Å². The molecule has 0 spiro atoms. The number of ether oxygens (including phenoxy) is 1. The van der Waals surface area contributed by atoms with E-state index in [1.54, 1.807) is 0 Å². The summed E-state index contributed by atoms with van der Waals surface area (Å²) >= 11 is 0. The summed E-state index contributed by atoms with van der Waals surface area (Å²) in [7, 11) is 0. The van der Waals surface area contributed by atoms with Crippen LogP contribution in [0.5, 0.6) is 11.5 Å². The molecule has 0 N–H and O–H groups in total. The second-order valence-corrected chi connectivity index (χ2v) is 23.4. The summed E-state index contributed by atoms with van der Waals surface area (Å²) in [4.78, 5) is 9.64. The standard InChI is InChI=1S/C72H63N4O.Pt/c1-70(2,3)52-38-39-73-67(44-52)76-64-37-34-51(48-22-13-10-14-23-48)40-63(64)61-36-35-58(46-66(61)76)77-57-29-19-28-55(45-57)74-47-75(56-42-53(71(4,5)6)41-54(43-56)72(7,8)9)69-62(32-21-33-65(69)74)68-59(49-24-15-11-16-25-49)30-20-31-60(68)50-26-17-12-18-27-50;/h10-44,47H,1-9H3;/q-3;. The minimum Gasteiger partial charge on any atom is -0.509 e. The maximum atomic E-state index is 6.87. The van der Waals surface area contributed by atoms with Crippen molar-refractivity contribution in [1.82, 2.24) is 9.55 Å². The van der Waals surface area contributed by atoms with Gasteiger partial charge in [-0.05, 0) is 114 Å². The Bertz CT molecular complexity index is 3900. The van der Waals surface area contributed by atoms with Crippen LogP contribution in [0.1, 0.15) is 79.0 Å². The molecule has 12 rings (SSSR count). The van der Waals surface area contributed by atoms with Gasteiger partial charge < -0.3 is 19.1 Å². The Morgan fingerprint density at radius 3 is 1.65 bits per heavy atom. The number of fused-ring (bicyclic) bond motifs is 4. The molecule has 11 aromatic rings. The molecule has 0 unspecified atom stereocenters. The molecule has 5 nitrogen and oxygen atoms in total. The molecule has 1 aliphatic rings. The van der Waals surface area contributed by atoms with Gasteiger partial charge in [0.15, 0.2) is 0 Å². The predicted octanol–water partition coefficient (Wildman–Crippen LogP) is 19.5. The summed E-state index contributed by atoms with van der Waals surface area (Å²) in [6.45, 7) is 22.8. The molecule has 6 heteroatoms.